The summed E-state index contributed by atoms with van der Waals surface area (Å²) in [5, 5.41) is 10.5. The Labute approximate surface area is 334 Å². The fourth-order valence-electron chi connectivity index (χ4n) is 9.42. The van der Waals surface area contributed by atoms with Crippen molar-refractivity contribution in [1.29, 1.82) is 0 Å². The number of hydrogen-bond acceptors (Lipinski definition) is 2. The third-order valence-corrected chi connectivity index (χ3v) is 13.2. The van der Waals surface area contributed by atoms with Crippen molar-refractivity contribution < 1.29 is 0 Å². The van der Waals surface area contributed by atoms with Gasteiger partial charge in [-0.05, 0) is 136 Å². The molecule has 0 bridgehead atoms. The molecule has 0 unspecified atom stereocenters. The van der Waals surface area contributed by atoms with Crippen molar-refractivity contribution in [2.24, 2.45) is 0 Å². The van der Waals surface area contributed by atoms with Crippen LogP contribution in [0.3, 0.4) is 0 Å². The molecule has 9 aromatic carbocycles. The minimum absolute atomic E-state index is 1.07. The summed E-state index contributed by atoms with van der Waals surface area (Å²) in [6.45, 7) is 0. The molecule has 0 spiro atoms. The van der Waals surface area contributed by atoms with Gasteiger partial charge in [0.1, 0.15) is 0 Å². The number of para-hydroxylation sites is 2. The number of aryl methyl sites for hydroxylation is 1. The van der Waals surface area contributed by atoms with Crippen LogP contribution in [0.5, 0.6) is 0 Å². The van der Waals surface area contributed by atoms with Crippen LogP contribution in [-0.4, -0.2) is 4.57 Å². The van der Waals surface area contributed by atoms with E-state index in [-0.39, 0.29) is 0 Å². The molecule has 1 aliphatic carbocycles. The maximum Gasteiger partial charge on any atom is 0.0541 e. The molecular formula is C54H36N2S. The van der Waals surface area contributed by atoms with E-state index in [0.717, 1.165) is 29.9 Å². The third kappa shape index (κ3) is 5.09. The van der Waals surface area contributed by atoms with Crippen molar-refractivity contribution in [2.45, 2.75) is 12.8 Å². The van der Waals surface area contributed by atoms with Crippen LogP contribution in [0, 0.1) is 0 Å². The second-order valence-electron chi connectivity index (χ2n) is 15.2. The van der Waals surface area contributed by atoms with Crippen molar-refractivity contribution >= 4 is 98.0 Å². The van der Waals surface area contributed by atoms with E-state index in [1.807, 2.05) is 11.3 Å². The van der Waals surface area contributed by atoms with E-state index in [0.29, 0.717) is 0 Å². The molecule has 57 heavy (non-hydrogen) atoms. The van der Waals surface area contributed by atoms with E-state index in [1.54, 1.807) is 0 Å². The Kier molecular flexibility index (Phi) is 7.26. The molecule has 0 atom stereocenters. The fraction of sp³-hybridized carbons (Fsp3) is 0.0370. The second kappa shape index (κ2) is 12.8. The summed E-state index contributed by atoms with van der Waals surface area (Å²) >= 11 is 1.87. The van der Waals surface area contributed by atoms with Crippen molar-refractivity contribution in [3.8, 4) is 16.8 Å². The lowest BCUT2D eigenvalue weighted by atomic mass is 9.86. The Bertz CT molecular complexity index is 3400. The Hall–Kier alpha value is -6.94. The smallest absolute Gasteiger partial charge is 0.0541 e. The van der Waals surface area contributed by atoms with Gasteiger partial charge in [0.15, 0.2) is 0 Å². The van der Waals surface area contributed by atoms with Gasteiger partial charge in [-0.3, -0.25) is 0 Å². The fourth-order valence-corrected chi connectivity index (χ4v) is 10.5. The zero-order valence-electron chi connectivity index (χ0n) is 31.2. The van der Waals surface area contributed by atoms with E-state index < -0.39 is 0 Å². The van der Waals surface area contributed by atoms with Gasteiger partial charge >= 0.3 is 0 Å². The number of allylic oxidation sites excluding steroid dienone is 1. The van der Waals surface area contributed by atoms with Crippen LogP contribution >= 0.6 is 11.3 Å². The predicted octanol–water partition coefficient (Wildman–Crippen LogP) is 15.6. The summed E-state index contributed by atoms with van der Waals surface area (Å²) in [6.07, 6.45) is 6.84. The molecule has 268 valence electrons. The zero-order chi connectivity index (χ0) is 37.5. The predicted molar refractivity (Wildman–Crippen MR) is 246 cm³/mol. The van der Waals surface area contributed by atoms with Crippen LogP contribution in [0.2, 0.25) is 0 Å². The highest BCUT2D eigenvalue weighted by Crippen LogP contribution is 2.43. The quantitative estimate of drug-likeness (QED) is 0.159. The number of hydrogen-bond donors (Lipinski definition) is 0. The molecule has 0 fully saturated rings. The van der Waals surface area contributed by atoms with E-state index in [1.165, 1.54) is 91.5 Å². The molecule has 0 N–H and O–H groups in total. The third-order valence-electron chi connectivity index (χ3n) is 12.0. The molecule has 0 saturated carbocycles. The monoisotopic (exact) mass is 744 g/mol. The first-order valence-corrected chi connectivity index (χ1v) is 20.6. The molecule has 1 aliphatic rings. The minimum Gasteiger partial charge on any atom is -0.310 e. The van der Waals surface area contributed by atoms with Crippen molar-refractivity contribution in [3.63, 3.8) is 0 Å². The molecule has 2 nitrogen and oxygen atoms in total. The summed E-state index contributed by atoms with van der Waals surface area (Å²) in [7, 11) is 0. The highest BCUT2D eigenvalue weighted by Gasteiger charge is 2.19. The van der Waals surface area contributed by atoms with Gasteiger partial charge in [-0.15, -0.1) is 11.3 Å². The van der Waals surface area contributed by atoms with Crippen LogP contribution in [-0.2, 0) is 6.42 Å². The van der Waals surface area contributed by atoms with E-state index in [2.05, 4.69) is 204 Å². The molecule has 12 rings (SSSR count). The number of rotatable bonds is 5. The maximum atomic E-state index is 2.43. The number of fused-ring (bicyclic) bond motifs is 12. The average molecular weight is 745 g/mol. The van der Waals surface area contributed by atoms with Crippen LogP contribution in [0.25, 0.3) is 86.4 Å². The summed E-state index contributed by atoms with van der Waals surface area (Å²) in [6, 6.07) is 67.2. The normalized spacial score (nSPS) is 12.7. The molecule has 0 saturated heterocycles. The van der Waals surface area contributed by atoms with E-state index >= 15 is 0 Å². The lowest BCUT2D eigenvalue weighted by molar-refractivity contribution is 1.00. The lowest BCUT2D eigenvalue weighted by Crippen LogP contribution is -2.10. The molecule has 3 heteroatoms. The maximum absolute atomic E-state index is 2.43. The summed E-state index contributed by atoms with van der Waals surface area (Å²) < 4.78 is 5.08. The van der Waals surface area contributed by atoms with Gasteiger partial charge in [0, 0.05) is 53.7 Å². The number of aromatic nitrogens is 1. The van der Waals surface area contributed by atoms with Gasteiger partial charge in [-0.25, -0.2) is 0 Å². The zero-order valence-corrected chi connectivity index (χ0v) is 32.0. The van der Waals surface area contributed by atoms with E-state index in [4.69, 9.17) is 0 Å². The molecule has 2 heterocycles. The first-order chi connectivity index (χ1) is 28.3. The number of thiophene rings is 1. The molecule has 11 aromatic rings. The highest BCUT2D eigenvalue weighted by atomic mass is 32.1. The van der Waals surface area contributed by atoms with Crippen molar-refractivity contribution in [3.05, 3.63) is 199 Å². The van der Waals surface area contributed by atoms with Gasteiger partial charge < -0.3 is 9.47 Å². The molecule has 0 radical (unpaired) electrons. The van der Waals surface area contributed by atoms with Gasteiger partial charge in [-0.1, -0.05) is 115 Å². The van der Waals surface area contributed by atoms with Gasteiger partial charge in [0.25, 0.3) is 0 Å². The van der Waals surface area contributed by atoms with Gasteiger partial charge in [0.2, 0.25) is 0 Å². The Morgan fingerprint density at radius 1 is 0.421 bits per heavy atom. The van der Waals surface area contributed by atoms with Crippen molar-refractivity contribution in [1.82, 2.24) is 4.57 Å². The van der Waals surface area contributed by atoms with Gasteiger partial charge in [-0.2, -0.15) is 0 Å². The SMILES string of the molecule is C1=Cc2c(c3ccccc3c3ccc(N(c4ccccc4)c4ccc(-c5ccc6c(c5)c5ccccc5n6-c5ccc6sc7ccccc7c6c5)cc4)cc23)CC1. The first kappa shape index (κ1) is 32.3. The topological polar surface area (TPSA) is 8.17 Å². The van der Waals surface area contributed by atoms with Gasteiger partial charge in [0.05, 0.1) is 11.0 Å². The van der Waals surface area contributed by atoms with Crippen LogP contribution < -0.4 is 4.90 Å². The molecule has 0 aliphatic heterocycles. The van der Waals surface area contributed by atoms with Crippen LogP contribution in [0.15, 0.2) is 188 Å². The Morgan fingerprint density at radius 3 is 1.96 bits per heavy atom. The minimum atomic E-state index is 1.07. The van der Waals surface area contributed by atoms with E-state index in [9.17, 15) is 0 Å². The first-order valence-electron chi connectivity index (χ1n) is 19.8. The highest BCUT2D eigenvalue weighted by molar-refractivity contribution is 7.25. The second-order valence-corrected chi connectivity index (χ2v) is 16.3. The lowest BCUT2D eigenvalue weighted by Gasteiger charge is -2.27. The largest absolute Gasteiger partial charge is 0.310 e. The van der Waals surface area contributed by atoms with Crippen LogP contribution in [0.4, 0.5) is 17.1 Å². The molecular weight excluding hydrogens is 709 g/mol. The van der Waals surface area contributed by atoms with Crippen molar-refractivity contribution in [2.75, 3.05) is 4.90 Å². The average Bonchev–Trinajstić information content (AvgIpc) is 3.82. The number of benzene rings is 9. The molecule has 2 aromatic heterocycles. The Balaban J connectivity index is 0.964. The number of anilines is 3. The van der Waals surface area contributed by atoms with Crippen LogP contribution in [0.1, 0.15) is 17.5 Å². The summed E-state index contributed by atoms with van der Waals surface area (Å²) in [5.41, 5.74) is 12.3. The summed E-state index contributed by atoms with van der Waals surface area (Å²) in [4.78, 5) is 2.39. The Morgan fingerprint density at radius 2 is 1.09 bits per heavy atom. The molecule has 0 amide bonds. The number of nitrogens with zero attached hydrogens (tertiary/aromatic N) is 2. The standard InChI is InChI=1S/C54H36N2S/c1-2-12-37(13-3-1)55(39-27-29-45-43-16-5-4-14-41(43)42-15-6-7-17-44(42)48(45)33-39)38-25-22-35(23-26-38)36-24-30-52-49(32-36)46-18-8-10-20-51(46)56(52)40-28-31-54-50(34-40)47-19-9-11-21-53(47)57-54/h1-5,7-14,16-34H,6,15H2. The summed E-state index contributed by atoms with van der Waals surface area (Å²) in [5.74, 6) is 0.